The molecule has 0 aromatic heterocycles. The Bertz CT molecular complexity index is 270. The van der Waals surface area contributed by atoms with Crippen molar-refractivity contribution in [2.24, 2.45) is 5.92 Å². The predicted molar refractivity (Wildman–Crippen MR) is 65.7 cm³/mol. The minimum absolute atomic E-state index is 0.0846. The molecule has 0 atom stereocenters. The van der Waals surface area contributed by atoms with Crippen molar-refractivity contribution in [3.05, 3.63) is 0 Å². The van der Waals surface area contributed by atoms with E-state index in [1.165, 1.54) is 12.8 Å². The van der Waals surface area contributed by atoms with Crippen molar-refractivity contribution >= 4 is 11.9 Å². The van der Waals surface area contributed by atoms with Crippen molar-refractivity contribution < 1.29 is 14.7 Å². The third-order valence-electron chi connectivity index (χ3n) is 3.71. The Labute approximate surface area is 103 Å². The van der Waals surface area contributed by atoms with Gasteiger partial charge in [0.1, 0.15) is 0 Å². The minimum atomic E-state index is -0.827. The van der Waals surface area contributed by atoms with Crippen LogP contribution in [0.1, 0.15) is 51.9 Å². The average Bonchev–Trinajstić information content (AvgIpc) is 2.28. The first kappa shape index (κ1) is 14.0. The lowest BCUT2D eigenvalue weighted by atomic mass is 9.86. The maximum absolute atomic E-state index is 11.8. The third-order valence-corrected chi connectivity index (χ3v) is 3.71. The van der Waals surface area contributed by atoms with Gasteiger partial charge in [0.05, 0.1) is 0 Å². The van der Waals surface area contributed by atoms with Crippen LogP contribution >= 0.6 is 0 Å². The molecule has 98 valence electrons. The van der Waals surface area contributed by atoms with Crippen molar-refractivity contribution in [1.29, 1.82) is 0 Å². The number of amides is 1. The van der Waals surface area contributed by atoms with E-state index in [0.29, 0.717) is 18.9 Å². The summed E-state index contributed by atoms with van der Waals surface area (Å²) in [6.07, 6.45) is 5.44. The molecule has 0 unspecified atom stereocenters. The number of carboxylic acids is 1. The third kappa shape index (κ3) is 4.75. The molecule has 0 aromatic rings. The van der Waals surface area contributed by atoms with Gasteiger partial charge >= 0.3 is 5.97 Å². The Morgan fingerprint density at radius 1 is 1.18 bits per heavy atom. The lowest BCUT2D eigenvalue weighted by Crippen LogP contribution is -2.39. The molecule has 0 aliphatic heterocycles. The number of hydrogen-bond donors (Lipinski definition) is 1. The van der Waals surface area contributed by atoms with Gasteiger partial charge in [-0.15, -0.1) is 0 Å². The normalized spacial score (nSPS) is 24.4. The fraction of sp³-hybridized carbons (Fsp3) is 0.846. The van der Waals surface area contributed by atoms with Gasteiger partial charge in [-0.3, -0.25) is 9.59 Å². The van der Waals surface area contributed by atoms with Crippen LogP contribution < -0.4 is 0 Å². The Hall–Kier alpha value is -1.06. The average molecular weight is 241 g/mol. The lowest BCUT2D eigenvalue weighted by molar-refractivity contribution is -0.137. The number of rotatable bonds is 5. The number of aliphatic carboxylic acids is 1. The van der Waals surface area contributed by atoms with E-state index in [1.807, 2.05) is 11.9 Å². The molecular weight excluding hydrogens is 218 g/mol. The topological polar surface area (TPSA) is 57.6 Å². The first-order chi connectivity index (χ1) is 8.00. The molecular formula is C13H23NO3. The molecule has 0 aromatic carbocycles. The summed E-state index contributed by atoms with van der Waals surface area (Å²) in [5.41, 5.74) is 0. The summed E-state index contributed by atoms with van der Waals surface area (Å²) in [6, 6.07) is 0.364. The van der Waals surface area contributed by atoms with Crippen molar-refractivity contribution in [2.45, 2.75) is 57.9 Å². The van der Waals surface area contributed by atoms with Crippen molar-refractivity contribution in [2.75, 3.05) is 7.05 Å². The van der Waals surface area contributed by atoms with E-state index < -0.39 is 5.97 Å². The van der Waals surface area contributed by atoms with Crippen LogP contribution in [-0.2, 0) is 9.59 Å². The number of carbonyl (C=O) groups excluding carboxylic acids is 1. The van der Waals surface area contributed by atoms with Crippen LogP contribution in [0.4, 0.5) is 0 Å². The van der Waals surface area contributed by atoms with Crippen molar-refractivity contribution in [3.63, 3.8) is 0 Å². The highest BCUT2D eigenvalue weighted by Crippen LogP contribution is 2.26. The van der Waals surface area contributed by atoms with E-state index in [-0.39, 0.29) is 12.3 Å². The van der Waals surface area contributed by atoms with Gasteiger partial charge in [-0.25, -0.2) is 0 Å². The van der Waals surface area contributed by atoms with E-state index in [2.05, 4.69) is 6.92 Å². The van der Waals surface area contributed by atoms with Crippen LogP contribution in [0.3, 0.4) is 0 Å². The highest BCUT2D eigenvalue weighted by atomic mass is 16.4. The highest BCUT2D eigenvalue weighted by Gasteiger charge is 2.24. The first-order valence-corrected chi connectivity index (χ1v) is 6.48. The van der Waals surface area contributed by atoms with Crippen LogP contribution in [0.15, 0.2) is 0 Å². The first-order valence-electron chi connectivity index (χ1n) is 6.48. The van der Waals surface area contributed by atoms with Crippen molar-refractivity contribution in [3.8, 4) is 0 Å². The summed E-state index contributed by atoms with van der Waals surface area (Å²) in [7, 11) is 1.85. The predicted octanol–water partition coefficient (Wildman–Crippen LogP) is 2.28. The van der Waals surface area contributed by atoms with Gasteiger partial charge in [0.15, 0.2) is 0 Å². The molecule has 0 heterocycles. The molecule has 0 bridgehead atoms. The van der Waals surface area contributed by atoms with Crippen LogP contribution in [0, 0.1) is 5.92 Å². The summed E-state index contributed by atoms with van der Waals surface area (Å²) in [5.74, 6) is 0.0412. The molecule has 1 aliphatic carbocycles. The zero-order valence-corrected chi connectivity index (χ0v) is 10.8. The molecule has 1 fully saturated rings. The molecule has 0 saturated heterocycles. The fourth-order valence-corrected chi connectivity index (χ4v) is 2.40. The van der Waals surface area contributed by atoms with E-state index in [4.69, 9.17) is 5.11 Å². The SMILES string of the molecule is CC1CCC(N(C)C(=O)CCCC(=O)O)CC1. The van der Waals surface area contributed by atoms with E-state index in [1.54, 1.807) is 0 Å². The second-order valence-corrected chi connectivity index (χ2v) is 5.17. The Balaban J connectivity index is 2.28. The summed E-state index contributed by atoms with van der Waals surface area (Å²) in [4.78, 5) is 24.0. The number of carbonyl (C=O) groups is 2. The van der Waals surface area contributed by atoms with Crippen LogP contribution in [0.25, 0.3) is 0 Å². The second-order valence-electron chi connectivity index (χ2n) is 5.17. The summed E-state index contributed by atoms with van der Waals surface area (Å²) in [5, 5.41) is 8.52. The molecule has 1 aliphatic rings. The quantitative estimate of drug-likeness (QED) is 0.803. The van der Waals surface area contributed by atoms with Crippen LogP contribution in [-0.4, -0.2) is 35.0 Å². The summed E-state index contributed by atoms with van der Waals surface area (Å²) >= 11 is 0. The number of carboxylic acid groups (broad SMARTS) is 1. The number of hydrogen-bond acceptors (Lipinski definition) is 2. The molecule has 1 saturated carbocycles. The molecule has 1 N–H and O–H groups in total. The van der Waals surface area contributed by atoms with Gasteiger partial charge in [0.25, 0.3) is 0 Å². The van der Waals surface area contributed by atoms with Gasteiger partial charge in [0.2, 0.25) is 5.91 Å². The lowest BCUT2D eigenvalue weighted by Gasteiger charge is -2.33. The summed E-state index contributed by atoms with van der Waals surface area (Å²) in [6.45, 7) is 2.25. The zero-order valence-electron chi connectivity index (χ0n) is 10.8. The van der Waals surface area contributed by atoms with Crippen LogP contribution in [0.5, 0.6) is 0 Å². The van der Waals surface area contributed by atoms with Crippen LogP contribution in [0.2, 0.25) is 0 Å². The fourth-order valence-electron chi connectivity index (χ4n) is 2.40. The van der Waals surface area contributed by atoms with Gasteiger partial charge in [-0.05, 0) is 38.0 Å². The smallest absolute Gasteiger partial charge is 0.303 e. The summed E-state index contributed by atoms with van der Waals surface area (Å²) < 4.78 is 0. The molecule has 1 amide bonds. The highest BCUT2D eigenvalue weighted by molar-refractivity contribution is 5.77. The Morgan fingerprint density at radius 3 is 2.29 bits per heavy atom. The van der Waals surface area contributed by atoms with Crippen molar-refractivity contribution in [1.82, 2.24) is 4.90 Å². The van der Waals surface area contributed by atoms with Gasteiger partial charge < -0.3 is 10.0 Å². The Kier molecular flexibility index (Phi) is 5.45. The monoisotopic (exact) mass is 241 g/mol. The zero-order chi connectivity index (χ0) is 12.8. The second kappa shape index (κ2) is 6.62. The number of nitrogens with zero attached hydrogens (tertiary/aromatic N) is 1. The standard InChI is InChI=1S/C13H23NO3/c1-10-6-8-11(9-7-10)14(2)12(15)4-3-5-13(16)17/h10-11H,3-9H2,1-2H3,(H,16,17). The van der Waals surface area contributed by atoms with E-state index >= 15 is 0 Å². The molecule has 0 radical (unpaired) electrons. The molecule has 4 heteroatoms. The molecule has 17 heavy (non-hydrogen) atoms. The maximum Gasteiger partial charge on any atom is 0.303 e. The minimum Gasteiger partial charge on any atom is -0.481 e. The van der Waals surface area contributed by atoms with Gasteiger partial charge in [0, 0.05) is 25.9 Å². The van der Waals surface area contributed by atoms with Gasteiger partial charge in [-0.2, -0.15) is 0 Å². The molecule has 4 nitrogen and oxygen atoms in total. The largest absolute Gasteiger partial charge is 0.481 e. The maximum atomic E-state index is 11.8. The Morgan fingerprint density at radius 2 is 1.76 bits per heavy atom. The van der Waals surface area contributed by atoms with Gasteiger partial charge in [-0.1, -0.05) is 6.92 Å². The molecule has 0 spiro atoms. The van der Waals surface area contributed by atoms with E-state index in [9.17, 15) is 9.59 Å². The van der Waals surface area contributed by atoms with E-state index in [0.717, 1.165) is 18.8 Å². The molecule has 1 rings (SSSR count).